The number of hydrogen-bond donors (Lipinski definition) is 0. The lowest BCUT2D eigenvalue weighted by molar-refractivity contribution is 0.0980. The van der Waals surface area contributed by atoms with E-state index in [-0.39, 0.29) is 0 Å². The number of fused-ring (bicyclic) bond motifs is 1. The fraction of sp³-hybridized carbons (Fsp3) is 0.500. The molecule has 4 aliphatic heterocycles. The normalized spacial score (nSPS) is 28.9. The molecule has 2 aromatic rings. The standard InChI is InChI=1S/C22H27N3O2/c1-26-20-3-4-22(27-2)21(8-20)17-7-18(10-23-9-17)25-13-16-5-15-6-19(25)14-24(11-15)12-16/h3-4,7-10,15-16,19H,5-6,11-14H2,1-2H3. The van der Waals surface area contributed by atoms with Gasteiger partial charge in [-0.15, -0.1) is 0 Å². The highest BCUT2D eigenvalue weighted by Crippen LogP contribution is 2.40. The Morgan fingerprint density at radius 3 is 2.63 bits per heavy atom. The zero-order valence-corrected chi connectivity index (χ0v) is 16.1. The van der Waals surface area contributed by atoms with Gasteiger partial charge in [-0.3, -0.25) is 4.98 Å². The SMILES string of the molecule is COc1ccc(OC)c(-c2cncc(N3CC4CC5CC3CN(C5)C4)c2)c1. The largest absolute Gasteiger partial charge is 0.497 e. The predicted molar refractivity (Wildman–Crippen MR) is 107 cm³/mol. The van der Waals surface area contributed by atoms with Gasteiger partial charge in [-0.05, 0) is 48.9 Å². The van der Waals surface area contributed by atoms with E-state index >= 15 is 0 Å². The summed E-state index contributed by atoms with van der Waals surface area (Å²) in [5.41, 5.74) is 3.33. The summed E-state index contributed by atoms with van der Waals surface area (Å²) < 4.78 is 11.0. The Balaban J connectivity index is 1.51. The second kappa shape index (κ2) is 6.71. The van der Waals surface area contributed by atoms with Gasteiger partial charge in [-0.1, -0.05) is 0 Å². The maximum absolute atomic E-state index is 5.59. The van der Waals surface area contributed by atoms with Crippen LogP contribution in [0.2, 0.25) is 0 Å². The van der Waals surface area contributed by atoms with Crippen LogP contribution < -0.4 is 14.4 Å². The average Bonchev–Trinajstić information content (AvgIpc) is 2.90. The highest BCUT2D eigenvalue weighted by molar-refractivity contribution is 5.74. The predicted octanol–water partition coefficient (Wildman–Crippen LogP) is 3.30. The first kappa shape index (κ1) is 16.9. The van der Waals surface area contributed by atoms with E-state index in [2.05, 4.69) is 20.9 Å². The van der Waals surface area contributed by atoms with E-state index in [1.54, 1.807) is 14.2 Å². The first-order chi connectivity index (χ1) is 13.2. The van der Waals surface area contributed by atoms with Crippen LogP contribution in [0.5, 0.6) is 11.5 Å². The zero-order chi connectivity index (χ0) is 18.4. The lowest BCUT2D eigenvalue weighted by Gasteiger charge is -2.41. The van der Waals surface area contributed by atoms with Crippen molar-refractivity contribution in [1.29, 1.82) is 0 Å². The summed E-state index contributed by atoms with van der Waals surface area (Å²) in [6.07, 6.45) is 6.66. The summed E-state index contributed by atoms with van der Waals surface area (Å²) in [4.78, 5) is 9.88. The summed E-state index contributed by atoms with van der Waals surface area (Å²) in [5, 5.41) is 0. The molecule has 5 nitrogen and oxygen atoms in total. The molecule has 1 aromatic heterocycles. The van der Waals surface area contributed by atoms with Gasteiger partial charge in [0.15, 0.2) is 0 Å². The van der Waals surface area contributed by atoms with Gasteiger partial charge in [-0.2, -0.15) is 0 Å². The van der Waals surface area contributed by atoms with E-state index in [0.717, 1.165) is 41.0 Å². The van der Waals surface area contributed by atoms with E-state index in [9.17, 15) is 0 Å². The Morgan fingerprint density at radius 1 is 0.926 bits per heavy atom. The minimum Gasteiger partial charge on any atom is -0.497 e. The first-order valence-corrected chi connectivity index (χ1v) is 9.90. The topological polar surface area (TPSA) is 37.8 Å². The minimum absolute atomic E-state index is 0.612. The van der Waals surface area contributed by atoms with E-state index < -0.39 is 0 Å². The van der Waals surface area contributed by atoms with Gasteiger partial charge in [0.25, 0.3) is 0 Å². The molecular formula is C22H27N3O2. The molecule has 0 aliphatic carbocycles. The number of piperidine rings is 2. The summed E-state index contributed by atoms with van der Waals surface area (Å²) in [6.45, 7) is 4.91. The molecule has 5 heteroatoms. The summed E-state index contributed by atoms with van der Waals surface area (Å²) in [5.74, 6) is 3.33. The first-order valence-electron chi connectivity index (χ1n) is 9.90. The molecule has 4 atom stereocenters. The van der Waals surface area contributed by atoms with Crippen molar-refractivity contribution in [2.45, 2.75) is 18.9 Å². The number of nitrogens with zero attached hydrogens (tertiary/aromatic N) is 3. The Morgan fingerprint density at radius 2 is 1.81 bits per heavy atom. The third-order valence-electron chi connectivity index (χ3n) is 6.44. The van der Waals surface area contributed by atoms with E-state index in [4.69, 9.17) is 9.47 Å². The maximum atomic E-state index is 5.59. The number of anilines is 1. The highest BCUT2D eigenvalue weighted by Gasteiger charge is 2.41. The van der Waals surface area contributed by atoms with E-state index in [0.29, 0.717) is 6.04 Å². The van der Waals surface area contributed by atoms with Crippen molar-refractivity contribution < 1.29 is 9.47 Å². The third-order valence-corrected chi connectivity index (χ3v) is 6.44. The fourth-order valence-electron chi connectivity index (χ4n) is 5.38. The summed E-state index contributed by atoms with van der Waals surface area (Å²) >= 11 is 0. The molecule has 5 heterocycles. The van der Waals surface area contributed by atoms with E-state index in [1.165, 1.54) is 38.2 Å². The molecule has 4 saturated heterocycles. The van der Waals surface area contributed by atoms with Gasteiger partial charge < -0.3 is 19.3 Å². The third kappa shape index (κ3) is 3.04. The van der Waals surface area contributed by atoms with Gasteiger partial charge >= 0.3 is 0 Å². The number of pyridine rings is 1. The number of aromatic nitrogens is 1. The molecule has 0 amide bonds. The molecule has 142 valence electrons. The second-order valence-electron chi connectivity index (χ2n) is 8.23. The van der Waals surface area contributed by atoms with Crippen LogP contribution in [0.3, 0.4) is 0 Å². The molecule has 0 N–H and O–H groups in total. The average molecular weight is 365 g/mol. The number of hydrogen-bond acceptors (Lipinski definition) is 5. The van der Waals surface area contributed by atoms with Gasteiger partial charge in [0.05, 0.1) is 26.1 Å². The monoisotopic (exact) mass is 365 g/mol. The van der Waals surface area contributed by atoms with Crippen LogP contribution >= 0.6 is 0 Å². The number of methoxy groups -OCH3 is 2. The molecule has 4 aliphatic rings. The van der Waals surface area contributed by atoms with Crippen LogP contribution in [0.25, 0.3) is 11.1 Å². The van der Waals surface area contributed by atoms with Gasteiger partial charge in [0, 0.05) is 49.5 Å². The number of benzene rings is 1. The van der Waals surface area contributed by atoms with Crippen molar-refractivity contribution in [2.24, 2.45) is 11.8 Å². The molecule has 4 unspecified atom stereocenters. The van der Waals surface area contributed by atoms with Crippen molar-refractivity contribution in [2.75, 3.05) is 45.3 Å². The van der Waals surface area contributed by atoms with Crippen LogP contribution in [0.4, 0.5) is 5.69 Å². The van der Waals surface area contributed by atoms with Crippen LogP contribution in [0.15, 0.2) is 36.7 Å². The Kier molecular flexibility index (Phi) is 4.20. The minimum atomic E-state index is 0.612. The lowest BCUT2D eigenvalue weighted by atomic mass is 9.84. The molecule has 0 spiro atoms. The van der Waals surface area contributed by atoms with Crippen molar-refractivity contribution in [1.82, 2.24) is 9.88 Å². The van der Waals surface area contributed by atoms with Crippen LogP contribution in [-0.2, 0) is 0 Å². The summed E-state index contributed by atoms with van der Waals surface area (Å²) in [7, 11) is 3.40. The Bertz CT molecular complexity index is 826. The van der Waals surface area contributed by atoms with Crippen LogP contribution in [0, 0.1) is 11.8 Å². The molecule has 6 rings (SSSR count). The van der Waals surface area contributed by atoms with Crippen LogP contribution in [0.1, 0.15) is 12.8 Å². The fourth-order valence-corrected chi connectivity index (χ4v) is 5.38. The van der Waals surface area contributed by atoms with Crippen molar-refractivity contribution in [3.05, 3.63) is 36.7 Å². The maximum Gasteiger partial charge on any atom is 0.127 e. The number of ether oxygens (including phenoxy) is 2. The molecule has 4 bridgehead atoms. The second-order valence-corrected chi connectivity index (χ2v) is 8.23. The quantitative estimate of drug-likeness (QED) is 0.831. The van der Waals surface area contributed by atoms with Crippen molar-refractivity contribution in [3.63, 3.8) is 0 Å². The van der Waals surface area contributed by atoms with Crippen LogP contribution in [-0.4, -0.2) is 56.3 Å². The molecule has 0 radical (unpaired) electrons. The molecule has 27 heavy (non-hydrogen) atoms. The smallest absolute Gasteiger partial charge is 0.127 e. The van der Waals surface area contributed by atoms with E-state index in [1.807, 2.05) is 30.6 Å². The van der Waals surface area contributed by atoms with Crippen molar-refractivity contribution in [3.8, 4) is 22.6 Å². The van der Waals surface area contributed by atoms with Gasteiger partial charge in [-0.25, -0.2) is 0 Å². The van der Waals surface area contributed by atoms with Crippen molar-refractivity contribution >= 4 is 5.69 Å². The summed E-state index contributed by atoms with van der Waals surface area (Å²) in [6, 6.07) is 8.80. The molecular weight excluding hydrogens is 338 g/mol. The highest BCUT2D eigenvalue weighted by atomic mass is 16.5. The lowest BCUT2D eigenvalue weighted by Crippen LogP contribution is -2.49. The number of rotatable bonds is 4. The molecule has 0 saturated carbocycles. The zero-order valence-electron chi connectivity index (χ0n) is 16.1. The molecule has 4 fully saturated rings. The Hall–Kier alpha value is -2.27. The Labute approximate surface area is 160 Å². The van der Waals surface area contributed by atoms with Gasteiger partial charge in [0.2, 0.25) is 0 Å². The molecule has 1 aromatic carbocycles. The van der Waals surface area contributed by atoms with Gasteiger partial charge in [0.1, 0.15) is 11.5 Å².